The molecule has 1 aromatic carbocycles. The number of unbranched alkanes of at least 4 members (excludes halogenated alkanes) is 1. The van der Waals surface area contributed by atoms with Crippen molar-refractivity contribution in [2.45, 2.75) is 31.6 Å². The second-order valence-electron chi connectivity index (χ2n) is 4.77. The van der Waals surface area contributed by atoms with Crippen LogP contribution in [0.3, 0.4) is 0 Å². The number of hydrogen-bond donors (Lipinski definition) is 2. The van der Waals surface area contributed by atoms with Gasteiger partial charge in [-0.05, 0) is 31.5 Å². The number of hydrogen-bond acceptors (Lipinski definition) is 4. The fraction of sp³-hybridized carbons (Fsp3) is 0.357. The molecule has 6 nitrogen and oxygen atoms in total. The van der Waals surface area contributed by atoms with Gasteiger partial charge in [0.25, 0.3) is 0 Å². The maximum Gasteiger partial charge on any atom is 0.372 e. The minimum absolute atomic E-state index is 0.104. The van der Waals surface area contributed by atoms with Crippen LogP contribution < -0.4 is 4.72 Å². The number of rotatable bonds is 6. The van der Waals surface area contributed by atoms with Crippen molar-refractivity contribution in [3.63, 3.8) is 0 Å². The van der Waals surface area contributed by atoms with Crippen molar-refractivity contribution in [3.05, 3.63) is 29.5 Å². The Bertz CT molecular complexity index is 776. The molecule has 0 unspecified atom stereocenters. The van der Waals surface area contributed by atoms with E-state index in [1.54, 1.807) is 6.92 Å². The van der Waals surface area contributed by atoms with Crippen LogP contribution in [0.25, 0.3) is 11.0 Å². The van der Waals surface area contributed by atoms with Gasteiger partial charge in [0.2, 0.25) is 15.8 Å². The third-order valence-corrected chi connectivity index (χ3v) is 4.69. The second-order valence-corrected chi connectivity index (χ2v) is 6.54. The molecule has 7 heteroatoms. The normalized spacial score (nSPS) is 11.9. The summed E-state index contributed by atoms with van der Waals surface area (Å²) in [5, 5.41) is 9.51. The number of carboxylic acid groups (broad SMARTS) is 1. The molecule has 1 heterocycles. The molecule has 21 heavy (non-hydrogen) atoms. The molecule has 0 fully saturated rings. The molecule has 0 saturated heterocycles. The fourth-order valence-electron chi connectivity index (χ4n) is 2.04. The first kappa shape index (κ1) is 15.5. The van der Waals surface area contributed by atoms with E-state index in [1.807, 2.05) is 6.92 Å². The first-order valence-electron chi connectivity index (χ1n) is 6.63. The number of sulfonamides is 1. The molecule has 0 aliphatic rings. The van der Waals surface area contributed by atoms with Crippen molar-refractivity contribution in [1.29, 1.82) is 0 Å². The molecule has 2 aromatic rings. The van der Waals surface area contributed by atoms with Crippen molar-refractivity contribution < 1.29 is 22.7 Å². The summed E-state index contributed by atoms with van der Waals surface area (Å²) < 4.78 is 32.0. The highest BCUT2D eigenvalue weighted by Gasteiger charge is 2.20. The standard InChI is InChI=1S/C14H17NO5S/c1-3-4-7-15-21(18,19)10-5-6-12-11(8-10)9(2)13(20-12)14(16)17/h5-6,8,15H,3-4,7H2,1-2H3,(H,16,17). The van der Waals surface area contributed by atoms with Gasteiger partial charge < -0.3 is 9.52 Å². The zero-order valence-corrected chi connectivity index (χ0v) is 12.7. The first-order chi connectivity index (χ1) is 9.86. The summed E-state index contributed by atoms with van der Waals surface area (Å²) in [6, 6.07) is 4.32. The molecule has 0 atom stereocenters. The van der Waals surface area contributed by atoms with E-state index >= 15 is 0 Å². The largest absolute Gasteiger partial charge is 0.475 e. The predicted molar refractivity (Wildman–Crippen MR) is 78.0 cm³/mol. The maximum absolute atomic E-state index is 12.1. The molecule has 1 aromatic heterocycles. The van der Waals surface area contributed by atoms with Crippen LogP contribution in [0.1, 0.15) is 35.9 Å². The van der Waals surface area contributed by atoms with Crippen molar-refractivity contribution in [2.24, 2.45) is 0 Å². The monoisotopic (exact) mass is 311 g/mol. The van der Waals surface area contributed by atoms with Gasteiger partial charge in [-0.25, -0.2) is 17.9 Å². The Labute approximate surface area is 122 Å². The summed E-state index contributed by atoms with van der Waals surface area (Å²) in [4.78, 5) is 11.1. The molecule has 114 valence electrons. The molecule has 0 aliphatic heterocycles. The topological polar surface area (TPSA) is 96.6 Å². The minimum Gasteiger partial charge on any atom is -0.475 e. The molecule has 2 rings (SSSR count). The van der Waals surface area contributed by atoms with Crippen LogP contribution in [-0.2, 0) is 10.0 Å². The molecule has 0 radical (unpaired) electrons. The van der Waals surface area contributed by atoms with Gasteiger partial charge in [0.15, 0.2) is 0 Å². The summed E-state index contributed by atoms with van der Waals surface area (Å²) >= 11 is 0. The zero-order chi connectivity index (χ0) is 15.6. The minimum atomic E-state index is -3.59. The lowest BCUT2D eigenvalue weighted by Gasteiger charge is -2.06. The van der Waals surface area contributed by atoms with Crippen LogP contribution in [0, 0.1) is 6.92 Å². The molecular formula is C14H17NO5S. The van der Waals surface area contributed by atoms with E-state index in [0.29, 0.717) is 23.1 Å². The Morgan fingerprint density at radius 2 is 2.10 bits per heavy atom. The van der Waals surface area contributed by atoms with Crippen LogP contribution in [0.5, 0.6) is 0 Å². The Kier molecular flexibility index (Phi) is 4.34. The number of benzene rings is 1. The van der Waals surface area contributed by atoms with Crippen molar-refractivity contribution in [2.75, 3.05) is 6.54 Å². The number of furan rings is 1. The zero-order valence-electron chi connectivity index (χ0n) is 11.8. The lowest BCUT2D eigenvalue weighted by atomic mass is 10.1. The van der Waals surface area contributed by atoms with Gasteiger partial charge in [0.1, 0.15) is 5.58 Å². The van der Waals surface area contributed by atoms with E-state index in [9.17, 15) is 13.2 Å². The van der Waals surface area contributed by atoms with Gasteiger partial charge in [0, 0.05) is 17.5 Å². The van der Waals surface area contributed by atoms with E-state index in [-0.39, 0.29) is 10.7 Å². The average Bonchev–Trinajstić information content (AvgIpc) is 2.76. The summed E-state index contributed by atoms with van der Waals surface area (Å²) in [5.74, 6) is -1.34. The molecule has 2 N–H and O–H groups in total. The number of nitrogens with one attached hydrogen (secondary N) is 1. The lowest BCUT2D eigenvalue weighted by molar-refractivity contribution is 0.0664. The van der Waals surface area contributed by atoms with Gasteiger partial charge in [-0.3, -0.25) is 0 Å². The summed E-state index contributed by atoms with van der Waals surface area (Å²) in [7, 11) is -3.59. The maximum atomic E-state index is 12.1. The van der Waals surface area contributed by atoms with E-state index < -0.39 is 16.0 Å². The Balaban J connectivity index is 2.43. The summed E-state index contributed by atoms with van der Waals surface area (Å²) in [6.45, 7) is 3.94. The second kappa shape index (κ2) is 5.87. The van der Waals surface area contributed by atoms with Crippen molar-refractivity contribution in [1.82, 2.24) is 4.72 Å². The Morgan fingerprint density at radius 3 is 2.71 bits per heavy atom. The highest BCUT2D eigenvalue weighted by Crippen LogP contribution is 2.27. The number of aromatic carboxylic acids is 1. The van der Waals surface area contributed by atoms with Gasteiger partial charge >= 0.3 is 5.97 Å². The average molecular weight is 311 g/mol. The van der Waals surface area contributed by atoms with Crippen LogP contribution in [-0.4, -0.2) is 26.0 Å². The van der Waals surface area contributed by atoms with Crippen LogP contribution >= 0.6 is 0 Å². The van der Waals surface area contributed by atoms with Crippen LogP contribution in [0.4, 0.5) is 0 Å². The van der Waals surface area contributed by atoms with Crippen molar-refractivity contribution in [3.8, 4) is 0 Å². The van der Waals surface area contributed by atoms with E-state index in [2.05, 4.69) is 4.72 Å². The Hall–Kier alpha value is -1.86. The van der Waals surface area contributed by atoms with Gasteiger partial charge in [-0.1, -0.05) is 13.3 Å². The number of aryl methyl sites for hydroxylation is 1. The van der Waals surface area contributed by atoms with Gasteiger partial charge in [0.05, 0.1) is 4.90 Å². The molecule has 0 saturated carbocycles. The first-order valence-corrected chi connectivity index (χ1v) is 8.11. The number of carboxylic acids is 1. The summed E-state index contributed by atoms with van der Waals surface area (Å²) in [6.07, 6.45) is 1.65. The van der Waals surface area contributed by atoms with E-state index in [1.165, 1.54) is 18.2 Å². The lowest BCUT2D eigenvalue weighted by Crippen LogP contribution is -2.24. The van der Waals surface area contributed by atoms with Crippen LogP contribution in [0.2, 0.25) is 0 Å². The number of carbonyl (C=O) groups is 1. The smallest absolute Gasteiger partial charge is 0.372 e. The highest BCUT2D eigenvalue weighted by molar-refractivity contribution is 7.89. The molecule has 0 bridgehead atoms. The van der Waals surface area contributed by atoms with Crippen LogP contribution in [0.15, 0.2) is 27.5 Å². The van der Waals surface area contributed by atoms with E-state index in [4.69, 9.17) is 9.52 Å². The van der Waals surface area contributed by atoms with Gasteiger partial charge in [-0.15, -0.1) is 0 Å². The van der Waals surface area contributed by atoms with Crippen molar-refractivity contribution >= 4 is 27.0 Å². The Morgan fingerprint density at radius 1 is 1.38 bits per heavy atom. The third-order valence-electron chi connectivity index (χ3n) is 3.23. The van der Waals surface area contributed by atoms with Gasteiger partial charge in [-0.2, -0.15) is 0 Å². The molecule has 0 spiro atoms. The molecule has 0 amide bonds. The quantitative estimate of drug-likeness (QED) is 0.799. The number of fused-ring (bicyclic) bond motifs is 1. The van der Waals surface area contributed by atoms with E-state index in [0.717, 1.165) is 12.8 Å². The predicted octanol–water partition coefficient (Wildman–Crippen LogP) is 2.52. The third kappa shape index (κ3) is 3.08. The molecular weight excluding hydrogens is 294 g/mol. The summed E-state index contributed by atoms with van der Waals surface area (Å²) in [5.41, 5.74) is 0.778. The molecule has 0 aliphatic carbocycles. The fourth-order valence-corrected chi connectivity index (χ4v) is 3.14. The highest BCUT2D eigenvalue weighted by atomic mass is 32.2. The SMILES string of the molecule is CCCCNS(=O)(=O)c1ccc2oc(C(=O)O)c(C)c2c1.